The van der Waals surface area contributed by atoms with Crippen LogP contribution in [0.1, 0.15) is 36.2 Å². The Morgan fingerprint density at radius 1 is 1.35 bits per heavy atom. The summed E-state index contributed by atoms with van der Waals surface area (Å²) in [5.41, 5.74) is 3.99. The number of nitrogens with two attached hydrogens (primary N) is 1. The summed E-state index contributed by atoms with van der Waals surface area (Å²) in [6.45, 7) is 7.84. The molecule has 1 saturated heterocycles. The van der Waals surface area contributed by atoms with Crippen LogP contribution in [0.25, 0.3) is 0 Å². The zero-order chi connectivity index (χ0) is 14.6. The highest BCUT2D eigenvalue weighted by Crippen LogP contribution is 2.31. The summed E-state index contributed by atoms with van der Waals surface area (Å²) in [4.78, 5) is 13.9. The lowest BCUT2D eigenvalue weighted by atomic mass is 10.1. The molecule has 110 valence electrons. The van der Waals surface area contributed by atoms with Crippen molar-refractivity contribution in [2.75, 3.05) is 18.8 Å². The minimum atomic E-state index is -0.246. The topological polar surface area (TPSA) is 58.4 Å². The number of carbonyl (C=O) groups is 1. The first kappa shape index (κ1) is 15.4. The van der Waals surface area contributed by atoms with Gasteiger partial charge in [0, 0.05) is 29.2 Å². The Hall–Kier alpha value is -1.04. The Morgan fingerprint density at radius 2 is 2.05 bits per heavy atom. The second-order valence-electron chi connectivity index (χ2n) is 5.80. The van der Waals surface area contributed by atoms with Gasteiger partial charge in [-0.25, -0.2) is 5.84 Å². The number of hydrogen-bond acceptors (Lipinski definition) is 4. The van der Waals surface area contributed by atoms with Gasteiger partial charge in [-0.1, -0.05) is 26.0 Å². The molecule has 4 nitrogen and oxygen atoms in total. The molecular formula is C15H23N3OS. The summed E-state index contributed by atoms with van der Waals surface area (Å²) in [6.07, 6.45) is 1.21. The Labute approximate surface area is 125 Å². The minimum absolute atomic E-state index is 0.246. The number of nitrogen functional groups attached to an aromatic ring is 1. The van der Waals surface area contributed by atoms with E-state index in [1.807, 2.05) is 24.3 Å². The summed E-state index contributed by atoms with van der Waals surface area (Å²) in [7, 11) is 0. The number of thioether (sulfide) groups is 1. The van der Waals surface area contributed by atoms with Gasteiger partial charge in [-0.05, 0) is 30.7 Å². The van der Waals surface area contributed by atoms with Gasteiger partial charge in [-0.3, -0.25) is 15.1 Å². The highest BCUT2D eigenvalue weighted by Gasteiger charge is 2.23. The maximum atomic E-state index is 11.4. The number of amides is 1. The van der Waals surface area contributed by atoms with Gasteiger partial charge in [-0.2, -0.15) is 11.8 Å². The van der Waals surface area contributed by atoms with Crippen molar-refractivity contribution < 1.29 is 4.79 Å². The van der Waals surface area contributed by atoms with Crippen molar-refractivity contribution in [1.29, 1.82) is 0 Å². The van der Waals surface area contributed by atoms with Crippen LogP contribution in [0.15, 0.2) is 24.3 Å². The lowest BCUT2D eigenvalue weighted by molar-refractivity contribution is 0.0953. The molecule has 0 spiro atoms. The van der Waals surface area contributed by atoms with E-state index in [2.05, 4.69) is 35.9 Å². The molecule has 1 aromatic carbocycles. The first-order valence-corrected chi connectivity index (χ1v) is 7.95. The van der Waals surface area contributed by atoms with Crippen LogP contribution in [0.4, 0.5) is 0 Å². The zero-order valence-electron chi connectivity index (χ0n) is 12.2. The van der Waals surface area contributed by atoms with E-state index in [4.69, 9.17) is 5.84 Å². The molecule has 0 aromatic heterocycles. The molecule has 0 radical (unpaired) electrons. The van der Waals surface area contributed by atoms with E-state index in [1.165, 1.54) is 17.7 Å². The molecule has 5 heteroatoms. The molecule has 1 fully saturated rings. The van der Waals surface area contributed by atoms with Gasteiger partial charge in [-0.15, -0.1) is 0 Å². The molecule has 1 amide bonds. The third-order valence-electron chi connectivity index (χ3n) is 3.68. The standard InChI is InChI=1S/C15H23N3OS/c1-15(2)7-8-18(9-10-20-15)11-12-3-5-13(6-4-12)14(19)17-16/h3-6H,7-11,16H2,1-2H3,(H,17,19). The SMILES string of the molecule is CC1(C)CCN(Cc2ccc(C(=O)NN)cc2)CCS1. The van der Waals surface area contributed by atoms with Crippen molar-refractivity contribution in [2.45, 2.75) is 31.6 Å². The number of nitrogens with one attached hydrogen (secondary N) is 1. The summed E-state index contributed by atoms with van der Waals surface area (Å²) >= 11 is 2.06. The molecule has 2 rings (SSSR count). The van der Waals surface area contributed by atoms with Crippen molar-refractivity contribution in [2.24, 2.45) is 5.84 Å². The molecule has 3 N–H and O–H groups in total. The first-order valence-electron chi connectivity index (χ1n) is 6.96. The predicted octanol–water partition coefficient (Wildman–Crippen LogP) is 2.01. The number of carbonyl (C=O) groups excluding carboxylic acids is 1. The third-order valence-corrected chi connectivity index (χ3v) is 5.06. The fourth-order valence-corrected chi connectivity index (χ4v) is 3.46. The van der Waals surface area contributed by atoms with Gasteiger partial charge in [0.15, 0.2) is 0 Å². The van der Waals surface area contributed by atoms with Crippen LogP contribution in [0.2, 0.25) is 0 Å². The number of benzene rings is 1. The fourth-order valence-electron chi connectivity index (χ4n) is 2.32. The monoisotopic (exact) mass is 293 g/mol. The van der Waals surface area contributed by atoms with E-state index in [0.29, 0.717) is 10.3 Å². The van der Waals surface area contributed by atoms with Crippen LogP contribution in [-0.4, -0.2) is 34.4 Å². The van der Waals surface area contributed by atoms with Crippen molar-refractivity contribution in [3.63, 3.8) is 0 Å². The van der Waals surface area contributed by atoms with Crippen LogP contribution in [0, 0.1) is 0 Å². The average molecular weight is 293 g/mol. The molecule has 0 aliphatic carbocycles. The Kier molecular flexibility index (Phi) is 5.07. The normalized spacial score (nSPS) is 19.4. The maximum absolute atomic E-state index is 11.4. The number of hydrogen-bond donors (Lipinski definition) is 2. The van der Waals surface area contributed by atoms with Gasteiger partial charge in [0.2, 0.25) is 0 Å². The van der Waals surface area contributed by atoms with Crippen molar-refractivity contribution in [3.05, 3.63) is 35.4 Å². The smallest absolute Gasteiger partial charge is 0.265 e. The number of nitrogens with zero attached hydrogens (tertiary/aromatic N) is 1. The van der Waals surface area contributed by atoms with Gasteiger partial charge < -0.3 is 0 Å². The van der Waals surface area contributed by atoms with Gasteiger partial charge in [0.1, 0.15) is 0 Å². The molecule has 1 aliphatic rings. The summed E-state index contributed by atoms with van der Waals surface area (Å²) in [5, 5.41) is 0. The number of hydrazine groups is 1. The lowest BCUT2D eigenvalue weighted by Crippen LogP contribution is -2.30. The zero-order valence-corrected chi connectivity index (χ0v) is 13.0. The van der Waals surface area contributed by atoms with Gasteiger partial charge in [0.05, 0.1) is 0 Å². The third kappa shape index (κ3) is 4.23. The molecule has 1 aromatic rings. The lowest BCUT2D eigenvalue weighted by Gasteiger charge is -2.22. The second kappa shape index (κ2) is 6.61. The largest absolute Gasteiger partial charge is 0.298 e. The van der Waals surface area contributed by atoms with E-state index >= 15 is 0 Å². The molecule has 20 heavy (non-hydrogen) atoms. The molecule has 0 unspecified atom stereocenters. The molecule has 1 aliphatic heterocycles. The van der Waals surface area contributed by atoms with E-state index in [9.17, 15) is 4.79 Å². The highest BCUT2D eigenvalue weighted by atomic mass is 32.2. The summed E-state index contributed by atoms with van der Waals surface area (Å²) in [5.74, 6) is 6.06. The van der Waals surface area contributed by atoms with E-state index < -0.39 is 0 Å². The molecule has 1 heterocycles. The van der Waals surface area contributed by atoms with Crippen molar-refractivity contribution in [1.82, 2.24) is 10.3 Å². The van der Waals surface area contributed by atoms with Gasteiger partial charge in [0.25, 0.3) is 5.91 Å². The molecule has 0 saturated carbocycles. The average Bonchev–Trinajstić information content (AvgIpc) is 2.60. The van der Waals surface area contributed by atoms with E-state index in [0.717, 1.165) is 19.6 Å². The van der Waals surface area contributed by atoms with Crippen LogP contribution in [-0.2, 0) is 6.54 Å². The molecule has 0 atom stereocenters. The summed E-state index contributed by atoms with van der Waals surface area (Å²) in [6, 6.07) is 7.67. The Morgan fingerprint density at radius 3 is 2.70 bits per heavy atom. The quantitative estimate of drug-likeness (QED) is 0.508. The Bertz CT molecular complexity index is 459. The second-order valence-corrected chi connectivity index (χ2v) is 7.61. The maximum Gasteiger partial charge on any atom is 0.265 e. The van der Waals surface area contributed by atoms with Crippen LogP contribution in [0.5, 0.6) is 0 Å². The predicted molar refractivity (Wildman–Crippen MR) is 84.5 cm³/mol. The first-order chi connectivity index (χ1) is 9.50. The summed E-state index contributed by atoms with van der Waals surface area (Å²) < 4.78 is 0.387. The van der Waals surface area contributed by atoms with Crippen molar-refractivity contribution >= 4 is 17.7 Å². The van der Waals surface area contributed by atoms with Crippen LogP contribution >= 0.6 is 11.8 Å². The number of rotatable bonds is 3. The minimum Gasteiger partial charge on any atom is -0.298 e. The fraction of sp³-hybridized carbons (Fsp3) is 0.533. The Balaban J connectivity index is 1.94. The molecule has 0 bridgehead atoms. The van der Waals surface area contributed by atoms with Crippen molar-refractivity contribution in [3.8, 4) is 0 Å². The highest BCUT2D eigenvalue weighted by molar-refractivity contribution is 8.00. The van der Waals surface area contributed by atoms with Crippen LogP contribution in [0.3, 0.4) is 0 Å². The van der Waals surface area contributed by atoms with Gasteiger partial charge >= 0.3 is 0 Å². The van der Waals surface area contributed by atoms with E-state index in [-0.39, 0.29) is 5.91 Å². The molecular weight excluding hydrogens is 270 g/mol. The van der Waals surface area contributed by atoms with E-state index in [1.54, 1.807) is 0 Å². The van der Waals surface area contributed by atoms with Crippen LogP contribution < -0.4 is 11.3 Å².